The average Bonchev–Trinajstić information content (AvgIpc) is 2.70. The molecule has 0 bridgehead atoms. The predicted molar refractivity (Wildman–Crippen MR) is 108 cm³/mol. The topological polar surface area (TPSA) is 99.3 Å². The highest BCUT2D eigenvalue weighted by Gasteiger charge is 2.28. The Morgan fingerprint density at radius 1 is 1.21 bits per heavy atom. The number of rotatable bonds is 5. The van der Waals surface area contributed by atoms with E-state index in [1.165, 1.54) is 30.3 Å². The normalized spacial score (nSPS) is 14.6. The fourth-order valence-corrected chi connectivity index (χ4v) is 3.55. The monoisotopic (exact) mass is 448 g/mol. The van der Waals surface area contributed by atoms with Crippen molar-refractivity contribution in [3.05, 3.63) is 62.9 Å². The number of halogens is 2. The molecule has 0 atom stereocenters. The van der Waals surface area contributed by atoms with Gasteiger partial charge in [-0.15, -0.1) is 0 Å². The van der Waals surface area contributed by atoms with E-state index in [1.54, 1.807) is 12.1 Å². The summed E-state index contributed by atoms with van der Waals surface area (Å²) in [4.78, 5) is 24.9. The van der Waals surface area contributed by atoms with Gasteiger partial charge in [-0.25, -0.2) is 4.39 Å². The Bertz CT molecular complexity index is 912. The van der Waals surface area contributed by atoms with Crippen molar-refractivity contribution in [2.75, 3.05) is 23.3 Å². The summed E-state index contributed by atoms with van der Waals surface area (Å²) < 4.78 is 13.5. The molecule has 2 aromatic carbocycles. The number of amidine groups is 1. The zero-order valence-corrected chi connectivity index (χ0v) is 16.4. The molecular formula is C19H18BrFN4O3. The van der Waals surface area contributed by atoms with Crippen molar-refractivity contribution >= 4 is 44.6 Å². The van der Waals surface area contributed by atoms with Crippen LogP contribution >= 0.6 is 15.9 Å². The second-order valence-electron chi connectivity index (χ2n) is 6.53. The summed E-state index contributed by atoms with van der Waals surface area (Å²) in [5.74, 6) is -1.17. The van der Waals surface area contributed by atoms with Crippen LogP contribution in [0.1, 0.15) is 12.8 Å². The fraction of sp³-hybridized carbons (Fsp3) is 0.263. The highest BCUT2D eigenvalue weighted by atomic mass is 79.9. The number of hydrogen-bond donors (Lipinski definition) is 2. The fourth-order valence-electron chi connectivity index (χ4n) is 3.17. The molecule has 2 N–H and O–H groups in total. The molecule has 0 radical (unpaired) electrons. The number of nitrogens with one attached hydrogen (secondary N) is 2. The third-order valence-electron chi connectivity index (χ3n) is 4.73. The molecule has 7 nitrogen and oxygen atoms in total. The molecule has 1 heterocycles. The lowest BCUT2D eigenvalue weighted by Gasteiger charge is -2.33. The van der Waals surface area contributed by atoms with E-state index in [2.05, 4.69) is 26.1 Å². The molecule has 1 fully saturated rings. The summed E-state index contributed by atoms with van der Waals surface area (Å²) in [5, 5.41) is 21.5. The molecule has 1 saturated heterocycles. The largest absolute Gasteiger partial charge is 0.371 e. The maximum Gasteiger partial charge on any atom is 0.269 e. The van der Waals surface area contributed by atoms with Gasteiger partial charge < -0.3 is 10.2 Å². The van der Waals surface area contributed by atoms with Crippen LogP contribution < -0.4 is 10.2 Å². The molecule has 0 saturated carbocycles. The van der Waals surface area contributed by atoms with Crippen LogP contribution in [-0.4, -0.2) is 29.6 Å². The van der Waals surface area contributed by atoms with E-state index in [4.69, 9.17) is 5.41 Å². The van der Waals surface area contributed by atoms with Gasteiger partial charge in [0, 0.05) is 42.5 Å². The number of ketones is 1. The van der Waals surface area contributed by atoms with E-state index in [0.717, 1.165) is 5.69 Å². The Morgan fingerprint density at radius 2 is 1.86 bits per heavy atom. The number of carbonyl (C=O) groups is 1. The summed E-state index contributed by atoms with van der Waals surface area (Å²) in [6, 6.07) is 10.5. The van der Waals surface area contributed by atoms with Gasteiger partial charge in [-0.3, -0.25) is 20.3 Å². The Labute approximate surface area is 169 Å². The maximum absolute atomic E-state index is 13.3. The highest BCUT2D eigenvalue weighted by Crippen LogP contribution is 2.26. The second kappa shape index (κ2) is 8.47. The number of piperidine rings is 1. The zero-order chi connectivity index (χ0) is 20.3. The minimum Gasteiger partial charge on any atom is -0.371 e. The first-order chi connectivity index (χ1) is 13.3. The van der Waals surface area contributed by atoms with E-state index in [-0.39, 0.29) is 27.7 Å². The van der Waals surface area contributed by atoms with Crippen LogP contribution in [-0.2, 0) is 4.79 Å². The predicted octanol–water partition coefficient (Wildman–Crippen LogP) is 4.37. The molecule has 1 aliphatic heterocycles. The van der Waals surface area contributed by atoms with Crippen molar-refractivity contribution in [2.45, 2.75) is 12.8 Å². The number of nitro groups is 1. The SMILES string of the molecule is N=C(Nc1ccc(F)c(Br)c1)C(=O)C1CCN(c2ccc([N+](=O)[O-])cc2)CC1. The lowest BCUT2D eigenvalue weighted by molar-refractivity contribution is -0.384. The molecule has 0 unspecified atom stereocenters. The van der Waals surface area contributed by atoms with Crippen LogP contribution in [0.4, 0.5) is 21.5 Å². The quantitative estimate of drug-likeness (QED) is 0.306. The third kappa shape index (κ3) is 4.53. The molecule has 3 rings (SSSR count). The van der Waals surface area contributed by atoms with Gasteiger partial charge in [-0.05, 0) is 59.1 Å². The Balaban J connectivity index is 1.56. The summed E-state index contributed by atoms with van der Waals surface area (Å²) in [6.07, 6.45) is 1.18. The van der Waals surface area contributed by atoms with Gasteiger partial charge in [-0.1, -0.05) is 0 Å². The van der Waals surface area contributed by atoms with Gasteiger partial charge in [0.05, 0.1) is 9.40 Å². The van der Waals surface area contributed by atoms with Gasteiger partial charge in [0.25, 0.3) is 5.69 Å². The summed E-state index contributed by atoms with van der Waals surface area (Å²) >= 11 is 3.08. The number of carbonyl (C=O) groups excluding carboxylic acids is 1. The van der Waals surface area contributed by atoms with E-state index in [9.17, 15) is 19.3 Å². The molecule has 28 heavy (non-hydrogen) atoms. The van der Waals surface area contributed by atoms with Crippen molar-refractivity contribution in [3.8, 4) is 0 Å². The van der Waals surface area contributed by atoms with E-state index in [0.29, 0.717) is 31.6 Å². The van der Waals surface area contributed by atoms with Gasteiger partial charge in [0.1, 0.15) is 5.82 Å². The summed E-state index contributed by atoms with van der Waals surface area (Å²) in [7, 11) is 0. The van der Waals surface area contributed by atoms with Crippen molar-refractivity contribution in [2.24, 2.45) is 5.92 Å². The minimum atomic E-state index is -0.438. The molecule has 1 aliphatic rings. The lowest BCUT2D eigenvalue weighted by atomic mass is 9.91. The Kier molecular flexibility index (Phi) is 6.03. The smallest absolute Gasteiger partial charge is 0.269 e. The van der Waals surface area contributed by atoms with Gasteiger partial charge in [0.15, 0.2) is 5.84 Å². The number of non-ortho nitro benzene ring substituents is 1. The van der Waals surface area contributed by atoms with Crippen LogP contribution in [0.2, 0.25) is 0 Å². The first-order valence-electron chi connectivity index (χ1n) is 8.69. The Hall–Kier alpha value is -2.81. The van der Waals surface area contributed by atoms with E-state index < -0.39 is 10.7 Å². The standard InChI is InChI=1S/C19H18BrFN4O3/c20-16-11-13(1-6-17(16)21)23-19(22)18(26)12-7-9-24(10-8-12)14-2-4-15(5-3-14)25(27)28/h1-6,11-12H,7-10H2,(H2,22,23). The van der Waals surface area contributed by atoms with Crippen LogP contribution in [0.3, 0.4) is 0 Å². The van der Waals surface area contributed by atoms with Gasteiger partial charge in [-0.2, -0.15) is 0 Å². The van der Waals surface area contributed by atoms with Crippen molar-refractivity contribution in [1.82, 2.24) is 0 Å². The maximum atomic E-state index is 13.3. The number of Topliss-reactive ketones (excluding diaryl/α,β-unsaturated/α-hetero) is 1. The van der Waals surface area contributed by atoms with Crippen LogP contribution in [0, 0.1) is 27.3 Å². The van der Waals surface area contributed by atoms with Crippen molar-refractivity contribution in [3.63, 3.8) is 0 Å². The molecule has 9 heteroatoms. The molecule has 0 aliphatic carbocycles. The number of benzene rings is 2. The number of anilines is 2. The molecular weight excluding hydrogens is 431 g/mol. The zero-order valence-electron chi connectivity index (χ0n) is 14.8. The minimum absolute atomic E-state index is 0.0424. The number of hydrogen-bond acceptors (Lipinski definition) is 5. The van der Waals surface area contributed by atoms with E-state index in [1.807, 2.05) is 0 Å². The lowest BCUT2D eigenvalue weighted by Crippen LogP contribution is -2.39. The average molecular weight is 449 g/mol. The second-order valence-corrected chi connectivity index (χ2v) is 7.38. The third-order valence-corrected chi connectivity index (χ3v) is 5.33. The first-order valence-corrected chi connectivity index (χ1v) is 9.48. The number of nitrogens with zero attached hydrogens (tertiary/aromatic N) is 2. The van der Waals surface area contributed by atoms with Crippen LogP contribution in [0.25, 0.3) is 0 Å². The first kappa shape index (κ1) is 19.9. The summed E-state index contributed by atoms with van der Waals surface area (Å²) in [6.45, 7) is 1.26. The van der Waals surface area contributed by atoms with E-state index >= 15 is 0 Å². The molecule has 0 spiro atoms. The van der Waals surface area contributed by atoms with Crippen molar-refractivity contribution in [1.29, 1.82) is 5.41 Å². The molecule has 2 aromatic rings. The van der Waals surface area contributed by atoms with Crippen LogP contribution in [0.15, 0.2) is 46.9 Å². The van der Waals surface area contributed by atoms with Gasteiger partial charge >= 0.3 is 0 Å². The van der Waals surface area contributed by atoms with Crippen LogP contribution in [0.5, 0.6) is 0 Å². The molecule has 0 amide bonds. The van der Waals surface area contributed by atoms with Gasteiger partial charge in [0.2, 0.25) is 5.78 Å². The molecule has 0 aromatic heterocycles. The summed E-state index contributed by atoms with van der Waals surface area (Å²) in [5.41, 5.74) is 1.39. The van der Waals surface area contributed by atoms with Crippen molar-refractivity contribution < 1.29 is 14.1 Å². The number of nitro benzene ring substituents is 1. The molecule has 146 valence electrons. The Morgan fingerprint density at radius 3 is 2.43 bits per heavy atom. The highest BCUT2D eigenvalue weighted by molar-refractivity contribution is 9.10.